The molecular formula is C19H21ClN4O. The molecule has 0 spiro atoms. The summed E-state index contributed by atoms with van der Waals surface area (Å²) >= 11 is 6.04. The summed E-state index contributed by atoms with van der Waals surface area (Å²) in [6.07, 6.45) is 5.65. The first-order chi connectivity index (χ1) is 11.9. The number of allylic oxidation sites excluding steroid dienone is 1. The molecule has 0 N–H and O–H groups in total. The van der Waals surface area contributed by atoms with Crippen molar-refractivity contribution < 1.29 is 4.79 Å². The van der Waals surface area contributed by atoms with E-state index in [-0.39, 0.29) is 11.9 Å². The number of hydrogen-bond acceptors (Lipinski definition) is 3. The number of nitrogens with zero attached hydrogens (tertiary/aromatic N) is 4. The van der Waals surface area contributed by atoms with Crippen LogP contribution in [0.5, 0.6) is 0 Å². The summed E-state index contributed by atoms with van der Waals surface area (Å²) in [6.45, 7) is 10.7. The third kappa shape index (κ3) is 3.24. The third-order valence-electron chi connectivity index (χ3n) is 4.62. The molecule has 0 radical (unpaired) electrons. The van der Waals surface area contributed by atoms with Crippen LogP contribution in [0.15, 0.2) is 41.3 Å². The van der Waals surface area contributed by atoms with Crippen LogP contribution in [0.2, 0.25) is 5.15 Å². The van der Waals surface area contributed by atoms with Gasteiger partial charge in [-0.25, -0.2) is 4.98 Å². The normalized spacial score (nSPS) is 17.6. The standard InChI is InChI=1S/C19H21ClN4O/c1-5-15(21-4)11-24-13(3)9-23-10-14(6-17(23)19(24)25)16-7-18(20)22-8-12(16)2/h5-8,10,13H,4,9,11H2,1-3H3/b15-5-/t13-/m0/s1. The van der Waals surface area contributed by atoms with E-state index in [1.807, 2.05) is 54.6 Å². The molecule has 3 heterocycles. The van der Waals surface area contributed by atoms with E-state index in [2.05, 4.69) is 16.7 Å². The molecule has 0 unspecified atom stereocenters. The van der Waals surface area contributed by atoms with Crippen LogP contribution in [-0.2, 0) is 6.54 Å². The number of hydrogen-bond donors (Lipinski definition) is 0. The molecule has 2 aromatic heterocycles. The largest absolute Gasteiger partial charge is 0.341 e. The summed E-state index contributed by atoms with van der Waals surface area (Å²) < 4.78 is 2.02. The van der Waals surface area contributed by atoms with Gasteiger partial charge in [0.1, 0.15) is 10.8 Å². The van der Waals surface area contributed by atoms with Crippen molar-refractivity contribution in [1.82, 2.24) is 14.5 Å². The Morgan fingerprint density at radius 2 is 2.28 bits per heavy atom. The number of halogens is 1. The summed E-state index contributed by atoms with van der Waals surface area (Å²) in [5, 5.41) is 0.445. The lowest BCUT2D eigenvalue weighted by Crippen LogP contribution is -2.46. The highest BCUT2D eigenvalue weighted by atomic mass is 35.5. The lowest BCUT2D eigenvalue weighted by Gasteiger charge is -2.34. The Hall–Kier alpha value is -2.40. The van der Waals surface area contributed by atoms with Gasteiger partial charge >= 0.3 is 0 Å². The summed E-state index contributed by atoms with van der Waals surface area (Å²) in [6, 6.07) is 3.85. The molecular weight excluding hydrogens is 336 g/mol. The van der Waals surface area contributed by atoms with Crippen molar-refractivity contribution in [2.24, 2.45) is 4.99 Å². The van der Waals surface area contributed by atoms with E-state index in [9.17, 15) is 4.79 Å². The van der Waals surface area contributed by atoms with Crippen molar-refractivity contribution in [2.75, 3.05) is 6.54 Å². The summed E-state index contributed by atoms with van der Waals surface area (Å²) in [7, 11) is 0. The molecule has 0 saturated heterocycles. The Morgan fingerprint density at radius 1 is 1.52 bits per heavy atom. The van der Waals surface area contributed by atoms with Crippen LogP contribution in [-0.4, -0.2) is 39.7 Å². The van der Waals surface area contributed by atoms with E-state index in [0.29, 0.717) is 17.4 Å². The van der Waals surface area contributed by atoms with Crippen LogP contribution in [0.25, 0.3) is 11.1 Å². The molecule has 0 aliphatic carbocycles. The summed E-state index contributed by atoms with van der Waals surface area (Å²) in [4.78, 5) is 22.9. The van der Waals surface area contributed by atoms with Crippen molar-refractivity contribution in [3.8, 4) is 11.1 Å². The fourth-order valence-corrected chi connectivity index (χ4v) is 3.32. The van der Waals surface area contributed by atoms with Crippen molar-refractivity contribution in [2.45, 2.75) is 33.4 Å². The molecule has 130 valence electrons. The predicted molar refractivity (Wildman–Crippen MR) is 101 cm³/mol. The van der Waals surface area contributed by atoms with Gasteiger partial charge in [-0.1, -0.05) is 17.7 Å². The van der Waals surface area contributed by atoms with Crippen molar-refractivity contribution >= 4 is 24.2 Å². The van der Waals surface area contributed by atoms with Gasteiger partial charge in [-0.15, -0.1) is 0 Å². The number of pyridine rings is 1. The highest BCUT2D eigenvalue weighted by Crippen LogP contribution is 2.30. The van der Waals surface area contributed by atoms with Gasteiger partial charge in [-0.05, 0) is 50.7 Å². The second-order valence-corrected chi connectivity index (χ2v) is 6.70. The molecule has 1 amide bonds. The second-order valence-electron chi connectivity index (χ2n) is 6.31. The molecule has 3 rings (SSSR count). The van der Waals surface area contributed by atoms with E-state index >= 15 is 0 Å². The maximum absolute atomic E-state index is 13.0. The first kappa shape index (κ1) is 17.4. The smallest absolute Gasteiger partial charge is 0.271 e. The van der Waals surface area contributed by atoms with Crippen LogP contribution in [0, 0.1) is 6.92 Å². The van der Waals surface area contributed by atoms with Crippen molar-refractivity contribution in [1.29, 1.82) is 0 Å². The summed E-state index contributed by atoms with van der Waals surface area (Å²) in [5.74, 6) is 0.00538. The lowest BCUT2D eigenvalue weighted by atomic mass is 10.1. The predicted octanol–water partition coefficient (Wildman–Crippen LogP) is 3.96. The number of carbonyl (C=O) groups excluding carboxylic acids is 1. The van der Waals surface area contributed by atoms with Gasteiger partial charge in [0.15, 0.2) is 0 Å². The number of amides is 1. The number of rotatable bonds is 4. The molecule has 25 heavy (non-hydrogen) atoms. The SMILES string of the molecule is C=N/C(=C\C)CN1C(=O)c2cc(-c3cc(Cl)ncc3C)cn2C[C@@H]1C. The molecule has 1 aliphatic rings. The summed E-state index contributed by atoms with van der Waals surface area (Å²) in [5.41, 5.74) is 4.48. The fourth-order valence-electron chi connectivity index (χ4n) is 3.16. The lowest BCUT2D eigenvalue weighted by molar-refractivity contribution is 0.0636. The van der Waals surface area contributed by atoms with E-state index in [0.717, 1.165) is 28.9 Å². The van der Waals surface area contributed by atoms with E-state index in [4.69, 9.17) is 11.6 Å². The monoisotopic (exact) mass is 356 g/mol. The minimum Gasteiger partial charge on any atom is -0.341 e. The zero-order valence-electron chi connectivity index (χ0n) is 14.7. The maximum atomic E-state index is 13.0. The molecule has 1 aliphatic heterocycles. The van der Waals surface area contributed by atoms with Gasteiger partial charge in [0.25, 0.3) is 5.91 Å². The average molecular weight is 357 g/mol. The van der Waals surface area contributed by atoms with Crippen molar-refractivity contribution in [3.05, 3.63) is 52.7 Å². The first-order valence-corrected chi connectivity index (χ1v) is 8.58. The quantitative estimate of drug-likeness (QED) is 0.615. The molecule has 6 heteroatoms. The van der Waals surface area contributed by atoms with E-state index in [1.54, 1.807) is 6.20 Å². The molecule has 1 atom stereocenters. The molecule has 0 bridgehead atoms. The van der Waals surface area contributed by atoms with E-state index in [1.165, 1.54) is 0 Å². The number of aryl methyl sites for hydroxylation is 1. The molecule has 5 nitrogen and oxygen atoms in total. The van der Waals surface area contributed by atoms with Crippen LogP contribution in [0.4, 0.5) is 0 Å². The Bertz CT molecular complexity index is 868. The van der Waals surface area contributed by atoms with E-state index < -0.39 is 0 Å². The second kappa shape index (κ2) is 6.84. The number of fused-ring (bicyclic) bond motifs is 1. The Labute approximate surface area is 152 Å². The minimum atomic E-state index is 0.00538. The van der Waals surface area contributed by atoms with Gasteiger partial charge < -0.3 is 9.47 Å². The average Bonchev–Trinajstić information content (AvgIpc) is 3.01. The van der Waals surface area contributed by atoms with Gasteiger partial charge in [-0.2, -0.15) is 0 Å². The molecule has 0 aromatic carbocycles. The van der Waals surface area contributed by atoms with Crippen molar-refractivity contribution in [3.63, 3.8) is 0 Å². The minimum absolute atomic E-state index is 0.00538. The van der Waals surface area contributed by atoms with Gasteiger partial charge in [-0.3, -0.25) is 9.79 Å². The first-order valence-electron chi connectivity index (χ1n) is 8.20. The van der Waals surface area contributed by atoms with Gasteiger partial charge in [0, 0.05) is 30.5 Å². The topological polar surface area (TPSA) is 50.5 Å². The number of aliphatic imine (C=N–C) groups is 1. The Morgan fingerprint density at radius 3 is 2.96 bits per heavy atom. The van der Waals surface area contributed by atoms with Gasteiger partial charge in [0.05, 0.1) is 12.2 Å². The number of aromatic nitrogens is 2. The van der Waals surface area contributed by atoms with Crippen LogP contribution in [0.3, 0.4) is 0 Å². The van der Waals surface area contributed by atoms with Crippen LogP contribution in [0.1, 0.15) is 29.9 Å². The fraction of sp³-hybridized carbons (Fsp3) is 0.316. The van der Waals surface area contributed by atoms with Gasteiger partial charge in [0.2, 0.25) is 0 Å². The Kier molecular flexibility index (Phi) is 4.77. The third-order valence-corrected chi connectivity index (χ3v) is 4.83. The zero-order chi connectivity index (χ0) is 18.1. The number of carbonyl (C=O) groups is 1. The molecule has 0 saturated carbocycles. The highest BCUT2D eigenvalue weighted by molar-refractivity contribution is 6.29. The highest BCUT2D eigenvalue weighted by Gasteiger charge is 2.31. The van der Waals surface area contributed by atoms with Crippen LogP contribution < -0.4 is 0 Å². The maximum Gasteiger partial charge on any atom is 0.271 e. The zero-order valence-corrected chi connectivity index (χ0v) is 15.4. The Balaban J connectivity index is 1.98. The molecule has 0 fully saturated rings. The molecule has 2 aromatic rings. The van der Waals surface area contributed by atoms with Crippen LogP contribution >= 0.6 is 11.6 Å².